The highest BCUT2D eigenvalue weighted by molar-refractivity contribution is 5.76. The third-order valence-electron chi connectivity index (χ3n) is 4.80. The highest BCUT2D eigenvalue weighted by atomic mass is 16.5. The number of aryl methyl sites for hydroxylation is 3. The van der Waals surface area contributed by atoms with Crippen molar-refractivity contribution in [3.8, 4) is 5.75 Å². The first kappa shape index (κ1) is 19.1. The Bertz CT molecular complexity index is 765. The second kappa shape index (κ2) is 8.84. The molecular formula is C21H28N4O2. The average Bonchev–Trinajstić information content (AvgIpc) is 2.66. The highest BCUT2D eigenvalue weighted by Crippen LogP contribution is 2.17. The first-order valence-corrected chi connectivity index (χ1v) is 9.56. The van der Waals surface area contributed by atoms with Crippen LogP contribution in [0.15, 0.2) is 30.3 Å². The van der Waals surface area contributed by atoms with E-state index in [1.807, 2.05) is 56.0 Å². The van der Waals surface area contributed by atoms with Gasteiger partial charge in [0.25, 0.3) is 0 Å². The Morgan fingerprint density at radius 1 is 1.07 bits per heavy atom. The van der Waals surface area contributed by atoms with Gasteiger partial charge in [-0.1, -0.05) is 18.2 Å². The van der Waals surface area contributed by atoms with Gasteiger partial charge in [-0.3, -0.25) is 4.79 Å². The molecule has 0 aliphatic carbocycles. The van der Waals surface area contributed by atoms with Gasteiger partial charge in [-0.15, -0.1) is 0 Å². The summed E-state index contributed by atoms with van der Waals surface area (Å²) in [5.74, 6) is 2.85. The van der Waals surface area contributed by atoms with Gasteiger partial charge in [0.15, 0.2) is 0 Å². The third-order valence-corrected chi connectivity index (χ3v) is 4.80. The molecule has 144 valence electrons. The van der Waals surface area contributed by atoms with Crippen molar-refractivity contribution in [3.63, 3.8) is 0 Å². The molecule has 0 N–H and O–H groups in total. The van der Waals surface area contributed by atoms with Crippen LogP contribution in [-0.4, -0.2) is 53.6 Å². The SMILES string of the molecule is Cc1cc(N2CCN(C(=O)CCCOc3ccccc3C)CC2)nc(C)n1. The lowest BCUT2D eigenvalue weighted by molar-refractivity contribution is -0.131. The van der Waals surface area contributed by atoms with E-state index in [0.29, 0.717) is 13.0 Å². The van der Waals surface area contributed by atoms with Crippen LogP contribution >= 0.6 is 0 Å². The van der Waals surface area contributed by atoms with E-state index >= 15 is 0 Å². The molecule has 0 radical (unpaired) electrons. The number of benzene rings is 1. The van der Waals surface area contributed by atoms with Crippen LogP contribution in [0.25, 0.3) is 0 Å². The average molecular weight is 368 g/mol. The lowest BCUT2D eigenvalue weighted by Gasteiger charge is -2.35. The van der Waals surface area contributed by atoms with E-state index in [4.69, 9.17) is 4.74 Å². The number of para-hydroxylation sites is 1. The van der Waals surface area contributed by atoms with E-state index in [-0.39, 0.29) is 5.91 Å². The summed E-state index contributed by atoms with van der Waals surface area (Å²) in [6.07, 6.45) is 1.26. The van der Waals surface area contributed by atoms with Gasteiger partial charge in [-0.05, 0) is 38.8 Å². The molecule has 0 spiro atoms. The van der Waals surface area contributed by atoms with E-state index in [0.717, 1.165) is 61.2 Å². The molecule has 1 saturated heterocycles. The summed E-state index contributed by atoms with van der Waals surface area (Å²) in [7, 11) is 0. The summed E-state index contributed by atoms with van der Waals surface area (Å²) in [5.41, 5.74) is 2.10. The minimum absolute atomic E-state index is 0.207. The minimum atomic E-state index is 0.207. The van der Waals surface area contributed by atoms with Crippen molar-refractivity contribution < 1.29 is 9.53 Å². The van der Waals surface area contributed by atoms with Crippen LogP contribution in [0.1, 0.15) is 29.9 Å². The molecule has 1 amide bonds. The summed E-state index contributed by atoms with van der Waals surface area (Å²) < 4.78 is 5.78. The molecule has 1 aromatic carbocycles. The first-order valence-electron chi connectivity index (χ1n) is 9.56. The standard InChI is InChI=1S/C21H28N4O2/c1-16-7-4-5-8-19(16)27-14-6-9-21(26)25-12-10-24(11-13-25)20-15-17(2)22-18(3)23-20/h4-5,7-8,15H,6,9-14H2,1-3H3. The molecule has 27 heavy (non-hydrogen) atoms. The monoisotopic (exact) mass is 368 g/mol. The Hall–Kier alpha value is -2.63. The number of piperazine rings is 1. The van der Waals surface area contributed by atoms with Gasteiger partial charge < -0.3 is 14.5 Å². The second-order valence-corrected chi connectivity index (χ2v) is 7.00. The second-order valence-electron chi connectivity index (χ2n) is 7.00. The van der Waals surface area contributed by atoms with Gasteiger partial charge >= 0.3 is 0 Å². The maximum Gasteiger partial charge on any atom is 0.222 e. The first-order chi connectivity index (χ1) is 13.0. The van der Waals surface area contributed by atoms with Gasteiger partial charge in [-0.25, -0.2) is 9.97 Å². The van der Waals surface area contributed by atoms with E-state index in [1.54, 1.807) is 0 Å². The van der Waals surface area contributed by atoms with E-state index in [2.05, 4.69) is 14.9 Å². The zero-order valence-corrected chi connectivity index (χ0v) is 16.4. The quantitative estimate of drug-likeness (QED) is 0.734. The minimum Gasteiger partial charge on any atom is -0.493 e. The molecule has 1 aliphatic rings. The summed E-state index contributed by atoms with van der Waals surface area (Å²) in [5, 5.41) is 0. The van der Waals surface area contributed by atoms with Crippen molar-refractivity contribution in [2.45, 2.75) is 33.6 Å². The number of rotatable bonds is 6. The zero-order valence-electron chi connectivity index (χ0n) is 16.4. The predicted octanol–water partition coefficient (Wildman–Crippen LogP) is 2.91. The van der Waals surface area contributed by atoms with Crippen molar-refractivity contribution in [3.05, 3.63) is 47.4 Å². The fraction of sp³-hybridized carbons (Fsp3) is 0.476. The van der Waals surface area contributed by atoms with Gasteiger partial charge in [0.05, 0.1) is 6.61 Å². The summed E-state index contributed by atoms with van der Waals surface area (Å²) in [6, 6.07) is 9.96. The molecular weight excluding hydrogens is 340 g/mol. The summed E-state index contributed by atoms with van der Waals surface area (Å²) >= 11 is 0. The number of hydrogen-bond acceptors (Lipinski definition) is 5. The molecule has 0 bridgehead atoms. The van der Waals surface area contributed by atoms with Gasteiger partial charge in [0.2, 0.25) is 5.91 Å². The molecule has 1 aromatic heterocycles. The van der Waals surface area contributed by atoms with Gasteiger partial charge in [-0.2, -0.15) is 0 Å². The number of nitrogens with zero attached hydrogens (tertiary/aromatic N) is 4. The molecule has 6 nitrogen and oxygen atoms in total. The van der Waals surface area contributed by atoms with Crippen LogP contribution in [0, 0.1) is 20.8 Å². The van der Waals surface area contributed by atoms with Crippen molar-refractivity contribution in [2.24, 2.45) is 0 Å². The van der Waals surface area contributed by atoms with Gasteiger partial charge in [0, 0.05) is 44.4 Å². The van der Waals surface area contributed by atoms with E-state index in [1.165, 1.54) is 0 Å². The van der Waals surface area contributed by atoms with Crippen LogP contribution in [0.5, 0.6) is 5.75 Å². The van der Waals surface area contributed by atoms with Crippen molar-refractivity contribution in [1.82, 2.24) is 14.9 Å². The Balaban J connectivity index is 1.41. The molecule has 2 heterocycles. The maximum atomic E-state index is 12.5. The molecule has 0 saturated carbocycles. The fourth-order valence-corrected chi connectivity index (χ4v) is 3.33. The van der Waals surface area contributed by atoms with Gasteiger partial charge in [0.1, 0.15) is 17.4 Å². The van der Waals surface area contributed by atoms with Crippen molar-refractivity contribution >= 4 is 11.7 Å². The van der Waals surface area contributed by atoms with E-state index < -0.39 is 0 Å². The summed E-state index contributed by atoms with van der Waals surface area (Å²) in [6.45, 7) is 9.57. The van der Waals surface area contributed by atoms with Crippen molar-refractivity contribution in [1.29, 1.82) is 0 Å². The maximum absolute atomic E-state index is 12.5. The molecule has 3 rings (SSSR count). The Morgan fingerprint density at radius 3 is 2.52 bits per heavy atom. The normalized spacial score (nSPS) is 14.3. The van der Waals surface area contributed by atoms with Crippen LogP contribution in [0.3, 0.4) is 0 Å². The van der Waals surface area contributed by atoms with E-state index in [9.17, 15) is 4.79 Å². The Labute approximate surface area is 161 Å². The molecule has 1 fully saturated rings. The lowest BCUT2D eigenvalue weighted by atomic mass is 10.2. The van der Waals surface area contributed by atoms with Crippen molar-refractivity contribution in [2.75, 3.05) is 37.7 Å². The number of ether oxygens (including phenoxy) is 1. The summed E-state index contributed by atoms with van der Waals surface area (Å²) in [4.78, 5) is 25.5. The number of amides is 1. The molecule has 0 atom stereocenters. The number of aromatic nitrogens is 2. The molecule has 1 aliphatic heterocycles. The molecule has 0 unspecified atom stereocenters. The molecule has 6 heteroatoms. The smallest absolute Gasteiger partial charge is 0.222 e. The number of carbonyl (C=O) groups is 1. The predicted molar refractivity (Wildman–Crippen MR) is 106 cm³/mol. The highest BCUT2D eigenvalue weighted by Gasteiger charge is 2.22. The topological polar surface area (TPSA) is 58.6 Å². The number of carbonyl (C=O) groups excluding carboxylic acids is 1. The van der Waals surface area contributed by atoms with Crippen LogP contribution in [0.2, 0.25) is 0 Å². The number of hydrogen-bond donors (Lipinski definition) is 0. The van der Waals surface area contributed by atoms with Crippen LogP contribution in [0.4, 0.5) is 5.82 Å². The molecule has 2 aromatic rings. The van der Waals surface area contributed by atoms with Crippen LogP contribution in [-0.2, 0) is 4.79 Å². The largest absolute Gasteiger partial charge is 0.493 e. The number of anilines is 1. The third kappa shape index (κ3) is 5.18. The lowest BCUT2D eigenvalue weighted by Crippen LogP contribution is -2.49. The Kier molecular flexibility index (Phi) is 6.27. The zero-order chi connectivity index (χ0) is 19.2. The fourth-order valence-electron chi connectivity index (χ4n) is 3.33. The van der Waals surface area contributed by atoms with Crippen LogP contribution < -0.4 is 9.64 Å². The Morgan fingerprint density at radius 2 is 1.81 bits per heavy atom.